The van der Waals surface area contributed by atoms with Crippen molar-refractivity contribution in [3.63, 3.8) is 0 Å². The van der Waals surface area contributed by atoms with Crippen LogP contribution in [0, 0.1) is 18.8 Å². The molecule has 1 saturated carbocycles. The molecule has 23 heavy (non-hydrogen) atoms. The summed E-state index contributed by atoms with van der Waals surface area (Å²) in [6.07, 6.45) is 3.47. The zero-order valence-corrected chi connectivity index (χ0v) is 13.8. The van der Waals surface area contributed by atoms with Gasteiger partial charge in [0, 0.05) is 12.5 Å². The van der Waals surface area contributed by atoms with Gasteiger partial charge in [0.1, 0.15) is 5.75 Å². The van der Waals surface area contributed by atoms with Crippen LogP contribution in [0.15, 0.2) is 18.2 Å². The molecule has 0 aromatic heterocycles. The maximum Gasteiger partial charge on any atom is 0.306 e. The first-order valence-corrected chi connectivity index (χ1v) is 8.15. The van der Waals surface area contributed by atoms with E-state index in [9.17, 15) is 9.59 Å². The molecule has 0 aliphatic heterocycles. The topological polar surface area (TPSA) is 75.6 Å². The molecule has 126 valence electrons. The molecule has 0 bridgehead atoms. The molecule has 1 aromatic carbocycles. The minimum Gasteiger partial charge on any atom is -0.496 e. The Labute approximate surface area is 137 Å². The second-order valence-corrected chi connectivity index (χ2v) is 6.24. The van der Waals surface area contributed by atoms with Crippen molar-refractivity contribution < 1.29 is 19.4 Å². The number of aliphatic carboxylic acids is 1. The lowest BCUT2D eigenvalue weighted by Crippen LogP contribution is -2.36. The van der Waals surface area contributed by atoms with Crippen molar-refractivity contribution >= 4 is 11.9 Å². The Kier molecular flexibility index (Phi) is 6.02. The van der Waals surface area contributed by atoms with Gasteiger partial charge < -0.3 is 15.2 Å². The Bertz CT molecular complexity index is 570. The van der Waals surface area contributed by atoms with Gasteiger partial charge in [0.2, 0.25) is 5.91 Å². The summed E-state index contributed by atoms with van der Waals surface area (Å²) in [6, 6.07) is 6.03. The van der Waals surface area contributed by atoms with Gasteiger partial charge in [0.15, 0.2) is 0 Å². The maximum absolute atomic E-state index is 12.2. The molecule has 1 aromatic rings. The molecule has 1 fully saturated rings. The van der Waals surface area contributed by atoms with Crippen LogP contribution in [-0.4, -0.2) is 30.6 Å². The van der Waals surface area contributed by atoms with E-state index in [-0.39, 0.29) is 17.7 Å². The van der Waals surface area contributed by atoms with Gasteiger partial charge in [0.05, 0.1) is 13.0 Å². The van der Waals surface area contributed by atoms with Gasteiger partial charge in [-0.3, -0.25) is 9.59 Å². The molecule has 1 aliphatic rings. The van der Waals surface area contributed by atoms with Crippen LogP contribution in [0.4, 0.5) is 0 Å². The zero-order valence-electron chi connectivity index (χ0n) is 13.8. The summed E-state index contributed by atoms with van der Waals surface area (Å²) >= 11 is 0. The van der Waals surface area contributed by atoms with Crippen LogP contribution in [0.1, 0.15) is 36.8 Å². The molecule has 2 unspecified atom stereocenters. The molecule has 1 aliphatic carbocycles. The summed E-state index contributed by atoms with van der Waals surface area (Å²) < 4.78 is 5.30. The minimum atomic E-state index is -0.783. The number of methoxy groups -OCH3 is 1. The lowest BCUT2D eigenvalue weighted by molar-refractivity contribution is -0.144. The average Bonchev–Trinajstić information content (AvgIpc) is 2.56. The third-order valence-corrected chi connectivity index (χ3v) is 4.58. The van der Waals surface area contributed by atoms with Gasteiger partial charge >= 0.3 is 5.97 Å². The number of carboxylic acid groups (broad SMARTS) is 1. The first kappa shape index (κ1) is 17.3. The molecule has 5 nitrogen and oxygen atoms in total. The number of amides is 1. The molecule has 2 rings (SSSR count). The van der Waals surface area contributed by atoms with Crippen LogP contribution in [0.25, 0.3) is 0 Å². The van der Waals surface area contributed by atoms with Crippen LogP contribution in [-0.2, 0) is 16.0 Å². The number of hydrogen-bond donors (Lipinski definition) is 2. The molecular weight excluding hydrogens is 294 g/mol. The van der Waals surface area contributed by atoms with Gasteiger partial charge in [-0.05, 0) is 49.8 Å². The molecule has 0 heterocycles. The molecule has 0 radical (unpaired) electrons. The van der Waals surface area contributed by atoms with E-state index in [0.717, 1.165) is 36.1 Å². The quantitative estimate of drug-likeness (QED) is 0.845. The fraction of sp³-hybridized carbons (Fsp3) is 0.556. The van der Waals surface area contributed by atoms with E-state index in [1.165, 1.54) is 0 Å². The summed E-state index contributed by atoms with van der Waals surface area (Å²) in [4.78, 5) is 23.3. The Morgan fingerprint density at radius 1 is 1.30 bits per heavy atom. The van der Waals surface area contributed by atoms with Gasteiger partial charge in [-0.15, -0.1) is 0 Å². The van der Waals surface area contributed by atoms with Crippen LogP contribution in [0.3, 0.4) is 0 Å². The van der Waals surface area contributed by atoms with Crippen LogP contribution in [0.5, 0.6) is 5.75 Å². The maximum atomic E-state index is 12.2. The molecule has 2 atom stereocenters. The second-order valence-electron chi connectivity index (χ2n) is 6.24. The summed E-state index contributed by atoms with van der Waals surface area (Å²) in [6.45, 7) is 2.55. The van der Waals surface area contributed by atoms with E-state index >= 15 is 0 Å². The van der Waals surface area contributed by atoms with Gasteiger partial charge in [-0.2, -0.15) is 0 Å². The highest BCUT2D eigenvalue weighted by molar-refractivity contribution is 5.80. The number of carboxylic acids is 1. The monoisotopic (exact) mass is 319 g/mol. The van der Waals surface area contributed by atoms with E-state index in [0.29, 0.717) is 19.4 Å². The van der Waals surface area contributed by atoms with Crippen molar-refractivity contribution in [2.45, 2.75) is 39.0 Å². The van der Waals surface area contributed by atoms with Crippen LogP contribution in [0.2, 0.25) is 0 Å². The predicted octanol–water partition coefficient (Wildman–Crippen LogP) is 2.55. The van der Waals surface area contributed by atoms with Crippen LogP contribution >= 0.6 is 0 Å². The number of nitrogens with one attached hydrogen (secondary N) is 1. The van der Waals surface area contributed by atoms with Crippen molar-refractivity contribution in [2.75, 3.05) is 13.7 Å². The number of rotatable bonds is 6. The standard InChI is InChI=1S/C18H25NO4/c1-12-6-7-13(10-16(12)23-2)8-9-19-17(20)14-4-3-5-15(11-14)18(21)22/h6-7,10,14-15H,3-5,8-9,11H2,1-2H3,(H,19,20)(H,21,22). The predicted molar refractivity (Wildman–Crippen MR) is 87.5 cm³/mol. The highest BCUT2D eigenvalue weighted by atomic mass is 16.5. The Hall–Kier alpha value is -2.04. The van der Waals surface area contributed by atoms with Gasteiger partial charge in [-0.1, -0.05) is 18.6 Å². The fourth-order valence-electron chi connectivity index (χ4n) is 3.15. The molecule has 0 spiro atoms. The van der Waals surface area contributed by atoms with Crippen molar-refractivity contribution in [1.82, 2.24) is 5.32 Å². The summed E-state index contributed by atoms with van der Waals surface area (Å²) in [5, 5.41) is 12.0. The SMILES string of the molecule is COc1cc(CCNC(=O)C2CCCC(C(=O)O)C2)ccc1C. The number of benzene rings is 1. The van der Waals surface area contributed by atoms with E-state index in [4.69, 9.17) is 9.84 Å². The summed E-state index contributed by atoms with van der Waals surface area (Å²) in [5.74, 6) is -0.493. The third-order valence-electron chi connectivity index (χ3n) is 4.58. The zero-order chi connectivity index (χ0) is 16.8. The fourth-order valence-corrected chi connectivity index (χ4v) is 3.15. The molecule has 5 heteroatoms. The average molecular weight is 319 g/mol. The molecular formula is C18H25NO4. The van der Waals surface area contributed by atoms with Crippen molar-refractivity contribution in [2.24, 2.45) is 11.8 Å². The Balaban J connectivity index is 1.81. The highest BCUT2D eigenvalue weighted by Gasteiger charge is 2.30. The third kappa shape index (κ3) is 4.71. The minimum absolute atomic E-state index is 0.0185. The van der Waals surface area contributed by atoms with E-state index in [1.807, 2.05) is 25.1 Å². The number of carbonyl (C=O) groups excluding carboxylic acids is 1. The number of aryl methyl sites for hydroxylation is 1. The van der Waals surface area contributed by atoms with E-state index < -0.39 is 5.97 Å². The largest absolute Gasteiger partial charge is 0.496 e. The van der Waals surface area contributed by atoms with Crippen LogP contribution < -0.4 is 10.1 Å². The van der Waals surface area contributed by atoms with Crippen molar-refractivity contribution in [3.05, 3.63) is 29.3 Å². The number of ether oxygens (including phenoxy) is 1. The van der Waals surface area contributed by atoms with Gasteiger partial charge in [0.25, 0.3) is 0 Å². The van der Waals surface area contributed by atoms with E-state index in [2.05, 4.69) is 5.32 Å². The Morgan fingerprint density at radius 3 is 2.74 bits per heavy atom. The molecule has 1 amide bonds. The smallest absolute Gasteiger partial charge is 0.306 e. The highest BCUT2D eigenvalue weighted by Crippen LogP contribution is 2.29. The summed E-state index contributed by atoms with van der Waals surface area (Å²) in [5.41, 5.74) is 2.20. The van der Waals surface area contributed by atoms with Crippen molar-refractivity contribution in [3.8, 4) is 5.75 Å². The molecule has 2 N–H and O–H groups in total. The van der Waals surface area contributed by atoms with E-state index in [1.54, 1.807) is 7.11 Å². The normalized spacial score (nSPS) is 20.8. The van der Waals surface area contributed by atoms with Crippen molar-refractivity contribution in [1.29, 1.82) is 0 Å². The Morgan fingerprint density at radius 2 is 2.04 bits per heavy atom. The van der Waals surface area contributed by atoms with Gasteiger partial charge in [-0.25, -0.2) is 0 Å². The lowest BCUT2D eigenvalue weighted by Gasteiger charge is -2.25. The first-order chi connectivity index (χ1) is 11.0. The number of hydrogen-bond acceptors (Lipinski definition) is 3. The summed E-state index contributed by atoms with van der Waals surface area (Å²) in [7, 11) is 1.65. The second kappa shape index (κ2) is 7.99. The molecule has 0 saturated heterocycles. The first-order valence-electron chi connectivity index (χ1n) is 8.15. The lowest BCUT2D eigenvalue weighted by atomic mass is 9.81. The number of carbonyl (C=O) groups is 2.